The van der Waals surface area contributed by atoms with E-state index in [0.717, 1.165) is 24.8 Å². The van der Waals surface area contributed by atoms with Gasteiger partial charge in [-0.1, -0.05) is 0 Å². The van der Waals surface area contributed by atoms with Crippen LogP contribution in [0.1, 0.15) is 19.3 Å². The fourth-order valence-corrected chi connectivity index (χ4v) is 2.25. The highest BCUT2D eigenvalue weighted by Gasteiger charge is 2.29. The molecule has 2 heterocycles. The van der Waals surface area contributed by atoms with Crippen molar-refractivity contribution in [2.75, 3.05) is 10.6 Å². The maximum atomic E-state index is 12.2. The Balaban J connectivity index is 1.70. The maximum Gasteiger partial charge on any atom is 0.408 e. The number of hydrogen-bond donors (Lipinski definition) is 2. The molecule has 0 aliphatic carbocycles. The molecule has 0 saturated heterocycles. The van der Waals surface area contributed by atoms with Gasteiger partial charge < -0.3 is 10.6 Å². The van der Waals surface area contributed by atoms with Gasteiger partial charge >= 0.3 is 12.4 Å². The number of amides is 2. The molecule has 0 aromatic carbocycles. The van der Waals surface area contributed by atoms with E-state index in [0.29, 0.717) is 9.36 Å². The van der Waals surface area contributed by atoms with Crippen LogP contribution in [0.5, 0.6) is 0 Å². The molecule has 0 radical (unpaired) electrons. The number of nitrogens with one attached hydrogen (secondary N) is 2. The summed E-state index contributed by atoms with van der Waals surface area (Å²) in [5.41, 5.74) is 0.168. The molecule has 0 aliphatic rings. The van der Waals surface area contributed by atoms with Crippen LogP contribution >= 0.6 is 0 Å². The number of anilines is 2. The van der Waals surface area contributed by atoms with Gasteiger partial charge in [0.25, 0.3) is 0 Å². The van der Waals surface area contributed by atoms with E-state index >= 15 is 0 Å². The van der Waals surface area contributed by atoms with E-state index in [1.165, 1.54) is 0 Å². The normalized spacial score (nSPS) is 12.1. The van der Waals surface area contributed by atoms with Crippen LogP contribution in [0.3, 0.4) is 0 Å². The average molecular weight is 426 g/mol. The molecule has 0 fully saturated rings. The molecule has 0 aliphatic heterocycles. The molecule has 29 heavy (non-hydrogen) atoms. The van der Waals surface area contributed by atoms with Gasteiger partial charge in [0, 0.05) is 25.2 Å². The van der Waals surface area contributed by atoms with E-state index in [4.69, 9.17) is 0 Å². The van der Waals surface area contributed by atoms with Crippen molar-refractivity contribution in [3.63, 3.8) is 0 Å². The summed E-state index contributed by atoms with van der Waals surface area (Å²) in [7, 11) is 0. The number of rotatable bonds is 8. The molecule has 8 nitrogen and oxygen atoms in total. The molecular weight excluding hydrogens is 410 g/mol. The van der Waals surface area contributed by atoms with Crippen LogP contribution in [-0.4, -0.2) is 43.7 Å². The van der Waals surface area contributed by atoms with Crippen molar-refractivity contribution in [1.29, 1.82) is 0 Å². The van der Waals surface area contributed by atoms with Gasteiger partial charge in [-0.2, -0.15) is 36.5 Å². The number of hydrogen-bond acceptors (Lipinski definition) is 4. The zero-order chi connectivity index (χ0) is 21.7. The second-order valence-electron chi connectivity index (χ2n) is 6.03. The number of carbonyl (C=O) groups is 2. The smallest absolute Gasteiger partial charge is 0.323 e. The topological polar surface area (TPSA) is 93.8 Å². The fourth-order valence-electron chi connectivity index (χ4n) is 2.25. The lowest BCUT2D eigenvalue weighted by Gasteiger charge is -2.06. The molecule has 160 valence electrons. The lowest BCUT2D eigenvalue weighted by atomic mass is 10.2. The molecule has 2 aromatic rings. The standard InChI is InChI=1S/C15H16F6N6O2/c16-14(17,18)8-26-6-10(4-22-26)24-12(28)2-1-3-13(29)25-11-5-23-27(7-11)9-15(19,20)21/h4-7H,1-3,8-9H2,(H,24,28)(H,25,29). The lowest BCUT2D eigenvalue weighted by molar-refractivity contribution is -0.143. The van der Waals surface area contributed by atoms with Gasteiger partial charge in [-0.3, -0.25) is 19.0 Å². The minimum Gasteiger partial charge on any atom is -0.323 e. The van der Waals surface area contributed by atoms with E-state index in [9.17, 15) is 35.9 Å². The largest absolute Gasteiger partial charge is 0.408 e. The minimum absolute atomic E-state index is 0.0841. The van der Waals surface area contributed by atoms with Gasteiger partial charge in [0.2, 0.25) is 11.8 Å². The number of nitrogens with zero attached hydrogens (tertiary/aromatic N) is 4. The molecule has 14 heteroatoms. The molecule has 0 unspecified atom stereocenters. The summed E-state index contributed by atoms with van der Waals surface area (Å²) in [6, 6.07) is 0. The quantitative estimate of drug-likeness (QED) is 0.635. The first-order valence-corrected chi connectivity index (χ1v) is 8.18. The highest BCUT2D eigenvalue weighted by Crippen LogP contribution is 2.19. The first-order valence-electron chi connectivity index (χ1n) is 8.18. The predicted molar refractivity (Wildman–Crippen MR) is 87.7 cm³/mol. The van der Waals surface area contributed by atoms with Gasteiger partial charge in [0.15, 0.2) is 0 Å². The Labute approximate surface area is 159 Å². The zero-order valence-electron chi connectivity index (χ0n) is 14.7. The summed E-state index contributed by atoms with van der Waals surface area (Å²) < 4.78 is 74.7. The zero-order valence-corrected chi connectivity index (χ0v) is 14.7. The number of carbonyl (C=O) groups excluding carboxylic acids is 2. The maximum absolute atomic E-state index is 12.2. The van der Waals surface area contributed by atoms with Gasteiger partial charge in [0.1, 0.15) is 13.1 Å². The van der Waals surface area contributed by atoms with E-state index in [2.05, 4.69) is 20.8 Å². The van der Waals surface area contributed by atoms with Crippen LogP contribution in [-0.2, 0) is 22.7 Å². The molecule has 2 amide bonds. The van der Waals surface area contributed by atoms with E-state index < -0.39 is 37.3 Å². The van der Waals surface area contributed by atoms with Crippen LogP contribution in [0.25, 0.3) is 0 Å². The van der Waals surface area contributed by atoms with E-state index in [1.807, 2.05) is 0 Å². The first-order chi connectivity index (χ1) is 13.4. The molecule has 0 saturated carbocycles. The SMILES string of the molecule is O=C(CCCC(=O)Nc1cnn(CC(F)(F)F)c1)Nc1cnn(CC(F)(F)F)c1. The minimum atomic E-state index is -4.44. The molecule has 0 atom stereocenters. The van der Waals surface area contributed by atoms with Crippen molar-refractivity contribution >= 4 is 23.2 Å². The molecule has 2 N–H and O–H groups in total. The Kier molecular flexibility index (Phi) is 6.87. The van der Waals surface area contributed by atoms with Crippen LogP contribution in [0.4, 0.5) is 37.7 Å². The summed E-state index contributed by atoms with van der Waals surface area (Å²) in [6.45, 7) is -2.58. The number of halogens is 6. The highest BCUT2D eigenvalue weighted by molar-refractivity contribution is 5.92. The summed E-state index contributed by atoms with van der Waals surface area (Å²) in [5.74, 6) is -1.05. The average Bonchev–Trinajstić information content (AvgIpc) is 3.13. The summed E-state index contributed by atoms with van der Waals surface area (Å²) in [4.78, 5) is 23.5. The predicted octanol–water partition coefficient (Wildman–Crippen LogP) is 2.95. The van der Waals surface area contributed by atoms with Crippen molar-refractivity contribution in [2.24, 2.45) is 0 Å². The van der Waals surface area contributed by atoms with Gasteiger partial charge in [-0.15, -0.1) is 0 Å². The van der Waals surface area contributed by atoms with Crippen molar-refractivity contribution < 1.29 is 35.9 Å². The van der Waals surface area contributed by atoms with Crippen LogP contribution in [0.15, 0.2) is 24.8 Å². The van der Waals surface area contributed by atoms with Crippen molar-refractivity contribution in [2.45, 2.75) is 44.7 Å². The molecular formula is C15H16F6N6O2. The number of aromatic nitrogens is 4. The molecule has 2 rings (SSSR count). The van der Waals surface area contributed by atoms with E-state index in [1.54, 1.807) is 0 Å². The molecule has 0 spiro atoms. The molecule has 2 aromatic heterocycles. The van der Waals surface area contributed by atoms with Crippen LogP contribution < -0.4 is 10.6 Å². The third-order valence-corrected chi connectivity index (χ3v) is 3.32. The monoisotopic (exact) mass is 426 g/mol. The first kappa shape index (κ1) is 22.2. The molecule has 0 bridgehead atoms. The highest BCUT2D eigenvalue weighted by atomic mass is 19.4. The third-order valence-electron chi connectivity index (χ3n) is 3.32. The number of alkyl halides is 6. The third kappa shape index (κ3) is 8.66. The Morgan fingerprint density at radius 2 is 1.17 bits per heavy atom. The van der Waals surface area contributed by atoms with Crippen molar-refractivity contribution in [3.05, 3.63) is 24.8 Å². The van der Waals surface area contributed by atoms with Crippen LogP contribution in [0, 0.1) is 0 Å². The van der Waals surface area contributed by atoms with Gasteiger partial charge in [-0.05, 0) is 6.42 Å². The Bertz CT molecular complexity index is 773. The van der Waals surface area contributed by atoms with Gasteiger partial charge in [-0.25, -0.2) is 0 Å². The Morgan fingerprint density at radius 3 is 1.52 bits per heavy atom. The fraction of sp³-hybridized carbons (Fsp3) is 0.467. The second kappa shape index (κ2) is 8.96. The van der Waals surface area contributed by atoms with Crippen molar-refractivity contribution in [3.8, 4) is 0 Å². The second-order valence-corrected chi connectivity index (χ2v) is 6.03. The van der Waals surface area contributed by atoms with Gasteiger partial charge in [0.05, 0.1) is 23.8 Å². The Hall–Kier alpha value is -3.06. The van der Waals surface area contributed by atoms with Crippen LogP contribution in [0.2, 0.25) is 0 Å². The summed E-state index contributed by atoms with van der Waals surface area (Å²) in [5, 5.41) is 11.7. The summed E-state index contributed by atoms with van der Waals surface area (Å²) >= 11 is 0. The van der Waals surface area contributed by atoms with Crippen molar-refractivity contribution in [1.82, 2.24) is 19.6 Å². The lowest BCUT2D eigenvalue weighted by Crippen LogP contribution is -2.18. The summed E-state index contributed by atoms with van der Waals surface area (Å²) in [6.07, 6.45) is -4.77. The van der Waals surface area contributed by atoms with E-state index in [-0.39, 0.29) is 30.6 Å². The Morgan fingerprint density at radius 1 is 0.793 bits per heavy atom.